The van der Waals surface area contributed by atoms with Gasteiger partial charge in [-0.15, -0.1) is 0 Å². The average molecular weight is 344 g/mol. The van der Waals surface area contributed by atoms with Crippen molar-refractivity contribution in [2.24, 2.45) is 0 Å². The molecule has 0 atom stereocenters. The molecule has 0 saturated heterocycles. The SMILES string of the molecule is O=CC(Cl)(Cl)Cl.[Au]. The molecule has 0 fully saturated rings. The van der Waals surface area contributed by atoms with Gasteiger partial charge in [0.2, 0.25) is 3.79 Å². The summed E-state index contributed by atoms with van der Waals surface area (Å²) in [6, 6.07) is 0. The fourth-order valence-corrected chi connectivity index (χ4v) is 0. The van der Waals surface area contributed by atoms with Crippen molar-refractivity contribution in [3.8, 4) is 0 Å². The molecule has 0 N–H and O–H groups in total. The van der Waals surface area contributed by atoms with Crippen LogP contribution in [0.25, 0.3) is 0 Å². The topological polar surface area (TPSA) is 17.1 Å². The Kier molecular flexibility index (Phi) is 6.66. The molecular formula is C2HAuCl3O. The molecule has 1 nitrogen and oxygen atoms in total. The van der Waals surface area contributed by atoms with Gasteiger partial charge in [0.15, 0.2) is 6.29 Å². The van der Waals surface area contributed by atoms with Gasteiger partial charge in [0.05, 0.1) is 0 Å². The van der Waals surface area contributed by atoms with Crippen molar-refractivity contribution in [3.63, 3.8) is 0 Å². The molecule has 0 aliphatic rings. The molecule has 5 heteroatoms. The van der Waals surface area contributed by atoms with Gasteiger partial charge in [0, 0.05) is 22.4 Å². The van der Waals surface area contributed by atoms with E-state index in [2.05, 4.69) is 0 Å². The van der Waals surface area contributed by atoms with E-state index < -0.39 is 3.79 Å². The molecule has 0 aromatic heterocycles. The minimum Gasteiger partial charge on any atom is -0.299 e. The van der Waals surface area contributed by atoms with Gasteiger partial charge in [0.1, 0.15) is 0 Å². The van der Waals surface area contributed by atoms with Gasteiger partial charge in [0.25, 0.3) is 0 Å². The first-order valence-corrected chi connectivity index (χ1v) is 2.23. The fourth-order valence-electron chi connectivity index (χ4n) is 0. The third kappa shape index (κ3) is 11.1. The average Bonchev–Trinajstić information content (AvgIpc) is 1.35. The Bertz CT molecular complexity index is 58.4. The van der Waals surface area contributed by atoms with Crippen molar-refractivity contribution in [1.82, 2.24) is 0 Å². The normalized spacial score (nSPS) is 9.57. The second-order valence-corrected chi connectivity index (χ2v) is 3.03. The Labute approximate surface area is 71.8 Å². The zero-order valence-corrected chi connectivity index (χ0v) is 7.36. The molecule has 0 saturated carbocycles. The smallest absolute Gasteiger partial charge is 0.245 e. The Morgan fingerprint density at radius 2 is 1.43 bits per heavy atom. The number of carbonyl (C=O) groups excluding carboxylic acids is 1. The van der Waals surface area contributed by atoms with E-state index in [1.165, 1.54) is 0 Å². The van der Waals surface area contributed by atoms with Gasteiger partial charge < -0.3 is 0 Å². The van der Waals surface area contributed by atoms with Gasteiger partial charge in [-0.1, -0.05) is 34.8 Å². The molecule has 0 aromatic rings. The van der Waals surface area contributed by atoms with Crippen LogP contribution in [0.3, 0.4) is 0 Å². The molecule has 0 heterocycles. The number of rotatable bonds is 0. The predicted octanol–water partition coefficient (Wildman–Crippen LogP) is 1.55. The molecule has 0 aliphatic carbocycles. The van der Waals surface area contributed by atoms with Crippen LogP contribution in [0.1, 0.15) is 0 Å². The number of halogens is 3. The zero-order valence-electron chi connectivity index (χ0n) is 2.92. The quantitative estimate of drug-likeness (QED) is 0.370. The van der Waals surface area contributed by atoms with Crippen molar-refractivity contribution in [2.45, 2.75) is 3.79 Å². The van der Waals surface area contributed by atoms with Crippen LogP contribution < -0.4 is 0 Å². The van der Waals surface area contributed by atoms with Crippen molar-refractivity contribution >= 4 is 41.1 Å². The molecule has 0 unspecified atom stereocenters. The van der Waals surface area contributed by atoms with Gasteiger partial charge in [-0.05, 0) is 0 Å². The van der Waals surface area contributed by atoms with E-state index in [4.69, 9.17) is 34.8 Å². The summed E-state index contributed by atoms with van der Waals surface area (Å²) in [7, 11) is 0. The second kappa shape index (κ2) is 4.19. The third-order valence-electron chi connectivity index (χ3n) is 0.134. The van der Waals surface area contributed by atoms with Crippen LogP contribution in [0.4, 0.5) is 0 Å². The monoisotopic (exact) mass is 343 g/mol. The van der Waals surface area contributed by atoms with Gasteiger partial charge in [-0.25, -0.2) is 0 Å². The molecular weight excluding hydrogens is 343 g/mol. The zero-order chi connectivity index (χ0) is 5.21. The molecule has 1 radical (unpaired) electrons. The molecule has 7 heavy (non-hydrogen) atoms. The number of carbonyl (C=O) groups is 1. The van der Waals surface area contributed by atoms with Crippen LogP contribution in [-0.2, 0) is 27.2 Å². The van der Waals surface area contributed by atoms with Gasteiger partial charge >= 0.3 is 0 Å². The molecule has 0 spiro atoms. The summed E-state index contributed by atoms with van der Waals surface area (Å²) in [6.45, 7) is 0. The number of aldehydes is 1. The summed E-state index contributed by atoms with van der Waals surface area (Å²) >= 11 is 14.6. The van der Waals surface area contributed by atoms with E-state index in [0.29, 0.717) is 0 Å². The Hall–Kier alpha value is 1.28. The Morgan fingerprint density at radius 3 is 1.43 bits per heavy atom. The van der Waals surface area contributed by atoms with Crippen LogP contribution >= 0.6 is 34.8 Å². The largest absolute Gasteiger partial charge is 0.299 e. The molecule has 0 amide bonds. The summed E-state index contributed by atoms with van der Waals surface area (Å²) in [6.07, 6.45) is 0.234. The predicted molar refractivity (Wildman–Crippen MR) is 26.4 cm³/mol. The first-order valence-electron chi connectivity index (χ1n) is 1.09. The number of hydrogen-bond acceptors (Lipinski definition) is 1. The van der Waals surface area contributed by atoms with Crippen molar-refractivity contribution in [2.75, 3.05) is 0 Å². The summed E-state index contributed by atoms with van der Waals surface area (Å²) in [4.78, 5) is 9.43. The van der Waals surface area contributed by atoms with Crippen molar-refractivity contribution in [3.05, 3.63) is 0 Å². The molecule has 47 valence electrons. The number of hydrogen-bond donors (Lipinski definition) is 0. The third-order valence-corrected chi connectivity index (χ3v) is 0.401. The van der Waals surface area contributed by atoms with Crippen LogP contribution in [0.15, 0.2) is 0 Å². The van der Waals surface area contributed by atoms with E-state index in [0.717, 1.165) is 0 Å². The fraction of sp³-hybridized carbons (Fsp3) is 0.500. The first kappa shape index (κ1) is 11.1. The standard InChI is InChI=1S/C2HCl3O.Au/c3-2(4,5)1-6;/h1H;. The second-order valence-electron chi connectivity index (χ2n) is 0.659. The van der Waals surface area contributed by atoms with Crippen LogP contribution in [0, 0.1) is 0 Å². The van der Waals surface area contributed by atoms with Crippen LogP contribution in [0.2, 0.25) is 0 Å². The molecule has 0 aromatic carbocycles. The van der Waals surface area contributed by atoms with Crippen LogP contribution in [0.5, 0.6) is 0 Å². The van der Waals surface area contributed by atoms with E-state index in [9.17, 15) is 4.79 Å². The summed E-state index contributed by atoms with van der Waals surface area (Å²) in [5, 5.41) is 0. The minimum atomic E-state index is -1.72. The molecule has 0 bridgehead atoms. The van der Waals surface area contributed by atoms with Crippen LogP contribution in [-0.4, -0.2) is 10.1 Å². The van der Waals surface area contributed by atoms with Crippen molar-refractivity contribution in [1.29, 1.82) is 0 Å². The maximum Gasteiger partial charge on any atom is 0.245 e. The minimum absolute atomic E-state index is 0. The Balaban J connectivity index is 0. The van der Waals surface area contributed by atoms with E-state index in [-0.39, 0.29) is 28.7 Å². The Morgan fingerprint density at radius 1 is 1.29 bits per heavy atom. The van der Waals surface area contributed by atoms with E-state index >= 15 is 0 Å². The van der Waals surface area contributed by atoms with Gasteiger partial charge in [-0.3, -0.25) is 4.79 Å². The maximum absolute atomic E-state index is 9.43. The van der Waals surface area contributed by atoms with E-state index in [1.54, 1.807) is 0 Å². The molecule has 0 rings (SSSR count). The van der Waals surface area contributed by atoms with Crippen molar-refractivity contribution < 1.29 is 27.2 Å². The van der Waals surface area contributed by atoms with Gasteiger partial charge in [-0.2, -0.15) is 0 Å². The molecule has 0 aliphatic heterocycles. The summed E-state index contributed by atoms with van der Waals surface area (Å²) in [5.74, 6) is 0. The maximum atomic E-state index is 9.43. The number of alkyl halides is 3. The first-order chi connectivity index (χ1) is 2.56. The summed E-state index contributed by atoms with van der Waals surface area (Å²) < 4.78 is -1.72. The van der Waals surface area contributed by atoms with E-state index in [1.807, 2.05) is 0 Å². The summed E-state index contributed by atoms with van der Waals surface area (Å²) in [5.41, 5.74) is 0.